The highest BCUT2D eigenvalue weighted by molar-refractivity contribution is 6.74. The smallest absolute Gasteiger partial charge is 0.352 e. The molecule has 1 aromatic heterocycles. The number of unbranched alkanes of at least 4 members (excludes halogenated alkanes) is 2. The third-order valence-corrected chi connectivity index (χ3v) is 10.3. The summed E-state index contributed by atoms with van der Waals surface area (Å²) in [5.74, 6) is -0.0754. The number of aliphatic hydroxyl groups is 1. The number of carbonyl (C=O) groups excluding carboxylic acids is 1. The minimum absolute atomic E-state index is 0.0763. The molecule has 3 atom stereocenters. The van der Waals surface area contributed by atoms with Crippen molar-refractivity contribution >= 4 is 19.9 Å². The Morgan fingerprint density at radius 1 is 1.40 bits per heavy atom. The van der Waals surface area contributed by atoms with E-state index in [-0.39, 0.29) is 28.8 Å². The predicted octanol–water partition coefficient (Wildman–Crippen LogP) is 3.14. The number of nitrogens with zero attached hydrogens (tertiary/aromatic N) is 2. The molecule has 0 amide bonds. The first-order valence-electron chi connectivity index (χ1n) is 10.5. The lowest BCUT2D eigenvalue weighted by molar-refractivity contribution is -0.128. The van der Waals surface area contributed by atoms with Gasteiger partial charge < -0.3 is 20.0 Å². The topological polar surface area (TPSA) is 117 Å². The van der Waals surface area contributed by atoms with Crippen LogP contribution in [0.3, 0.4) is 0 Å². The number of anilines is 1. The fourth-order valence-corrected chi connectivity index (χ4v) is 4.15. The van der Waals surface area contributed by atoms with Crippen LogP contribution in [-0.4, -0.2) is 41.0 Å². The zero-order valence-corrected chi connectivity index (χ0v) is 19.8. The molecule has 8 nitrogen and oxygen atoms in total. The standard InChI is InChI=1S/C21H35N3O5Si/c1-7-8-9-10-14(25)18(26)15-13-16(29-30(5,6)21(2,3)4)19(28-15)24-12-11-17(22)23-20(24)27/h11-13,16,18-19,26H,7-10H2,1-6H3,(H2,22,23,27)/t16-,18?,19-/m1/s1. The molecule has 2 heterocycles. The van der Waals surface area contributed by atoms with Crippen LogP contribution in [0.15, 0.2) is 28.9 Å². The Balaban J connectivity index is 2.33. The molecule has 30 heavy (non-hydrogen) atoms. The Labute approximate surface area is 179 Å². The number of nitrogens with two attached hydrogens (primary N) is 1. The maximum atomic E-state index is 12.4. The maximum Gasteiger partial charge on any atom is 0.352 e. The number of hydrogen-bond donors (Lipinski definition) is 2. The second kappa shape index (κ2) is 9.45. The summed E-state index contributed by atoms with van der Waals surface area (Å²) in [5, 5.41) is 10.5. The van der Waals surface area contributed by atoms with Crippen molar-refractivity contribution in [2.45, 2.75) is 89.9 Å². The number of ketones is 1. The minimum Gasteiger partial charge on any atom is -0.468 e. The van der Waals surface area contributed by atoms with Crippen molar-refractivity contribution in [3.8, 4) is 0 Å². The number of hydrogen-bond acceptors (Lipinski definition) is 7. The van der Waals surface area contributed by atoms with Crippen molar-refractivity contribution in [1.82, 2.24) is 9.55 Å². The van der Waals surface area contributed by atoms with Crippen molar-refractivity contribution in [3.05, 3.63) is 34.6 Å². The van der Waals surface area contributed by atoms with E-state index in [9.17, 15) is 14.7 Å². The van der Waals surface area contributed by atoms with Crippen LogP contribution in [0.1, 0.15) is 59.6 Å². The minimum atomic E-state index is -2.24. The van der Waals surface area contributed by atoms with Gasteiger partial charge in [-0.05, 0) is 36.7 Å². The van der Waals surface area contributed by atoms with Gasteiger partial charge in [-0.1, -0.05) is 40.5 Å². The second-order valence-electron chi connectivity index (χ2n) is 9.29. The molecule has 1 unspecified atom stereocenters. The normalized spacial score (nSPS) is 20.6. The molecule has 0 fully saturated rings. The molecule has 1 aliphatic rings. The summed E-state index contributed by atoms with van der Waals surface area (Å²) in [5.41, 5.74) is 5.02. The summed E-state index contributed by atoms with van der Waals surface area (Å²) in [4.78, 5) is 28.6. The largest absolute Gasteiger partial charge is 0.468 e. The van der Waals surface area contributed by atoms with Gasteiger partial charge in [0.2, 0.25) is 6.23 Å². The third-order valence-electron chi connectivity index (χ3n) is 5.83. The van der Waals surface area contributed by atoms with Gasteiger partial charge in [0.1, 0.15) is 17.7 Å². The highest BCUT2D eigenvalue weighted by Crippen LogP contribution is 2.41. The van der Waals surface area contributed by atoms with E-state index in [2.05, 4.69) is 45.8 Å². The van der Waals surface area contributed by atoms with E-state index >= 15 is 0 Å². The number of rotatable bonds is 9. The van der Waals surface area contributed by atoms with E-state index in [4.69, 9.17) is 14.9 Å². The lowest BCUT2D eigenvalue weighted by atomic mass is 10.1. The Morgan fingerprint density at radius 3 is 2.63 bits per heavy atom. The van der Waals surface area contributed by atoms with E-state index in [0.717, 1.165) is 12.8 Å². The molecular formula is C21H35N3O5Si. The third kappa shape index (κ3) is 5.58. The molecule has 2 rings (SSSR count). The Hall–Kier alpha value is -1.97. The molecule has 0 radical (unpaired) electrons. The van der Waals surface area contributed by atoms with Crippen molar-refractivity contribution in [3.63, 3.8) is 0 Å². The zero-order chi connectivity index (χ0) is 22.7. The molecule has 0 saturated carbocycles. The average Bonchev–Trinajstić information content (AvgIpc) is 3.03. The van der Waals surface area contributed by atoms with Gasteiger partial charge in [-0.25, -0.2) is 4.79 Å². The van der Waals surface area contributed by atoms with Crippen LogP contribution in [0.5, 0.6) is 0 Å². The first kappa shape index (κ1) is 24.3. The maximum absolute atomic E-state index is 12.4. The van der Waals surface area contributed by atoms with E-state index in [0.29, 0.717) is 6.42 Å². The Morgan fingerprint density at radius 2 is 2.07 bits per heavy atom. The van der Waals surface area contributed by atoms with E-state index in [1.165, 1.54) is 16.8 Å². The Bertz CT molecular complexity index is 844. The summed E-state index contributed by atoms with van der Waals surface area (Å²) in [6, 6.07) is 1.50. The molecule has 0 bridgehead atoms. The van der Waals surface area contributed by atoms with Crippen LogP contribution in [0.25, 0.3) is 0 Å². The highest BCUT2D eigenvalue weighted by Gasteiger charge is 2.44. The first-order valence-corrected chi connectivity index (χ1v) is 13.4. The van der Waals surface area contributed by atoms with Gasteiger partial charge >= 0.3 is 5.69 Å². The monoisotopic (exact) mass is 437 g/mol. The summed E-state index contributed by atoms with van der Waals surface area (Å²) in [6.45, 7) is 12.6. The Kier molecular flexibility index (Phi) is 7.65. The number of aliphatic hydroxyl groups excluding tert-OH is 1. The van der Waals surface area contributed by atoms with E-state index in [1.54, 1.807) is 6.08 Å². The van der Waals surface area contributed by atoms with Crippen LogP contribution in [0.4, 0.5) is 5.82 Å². The summed E-state index contributed by atoms with van der Waals surface area (Å²) < 4.78 is 13.7. The highest BCUT2D eigenvalue weighted by atomic mass is 28.4. The lowest BCUT2D eigenvalue weighted by Gasteiger charge is -2.39. The van der Waals surface area contributed by atoms with Gasteiger partial charge in [-0.3, -0.25) is 9.36 Å². The molecule has 1 aromatic rings. The molecule has 0 spiro atoms. The van der Waals surface area contributed by atoms with Crippen molar-refractivity contribution in [1.29, 1.82) is 0 Å². The van der Waals surface area contributed by atoms with Gasteiger partial charge in [0, 0.05) is 12.6 Å². The van der Waals surface area contributed by atoms with Gasteiger partial charge in [0.05, 0.1) is 0 Å². The summed E-state index contributed by atoms with van der Waals surface area (Å²) in [7, 11) is -2.24. The first-order chi connectivity index (χ1) is 13.9. The number of nitrogen functional groups attached to an aromatic ring is 1. The summed E-state index contributed by atoms with van der Waals surface area (Å²) >= 11 is 0. The van der Waals surface area contributed by atoms with Crippen molar-refractivity contribution in [2.75, 3.05) is 5.73 Å². The van der Waals surface area contributed by atoms with Gasteiger partial charge in [-0.2, -0.15) is 4.98 Å². The predicted molar refractivity (Wildman–Crippen MR) is 118 cm³/mol. The number of carbonyl (C=O) groups is 1. The van der Waals surface area contributed by atoms with E-state index in [1.807, 2.05) is 0 Å². The number of Topliss-reactive ketones (excluding diaryl/α,β-unsaturated/α-hetero) is 1. The fraction of sp³-hybridized carbons (Fsp3) is 0.667. The van der Waals surface area contributed by atoms with E-state index < -0.39 is 32.4 Å². The molecule has 0 saturated heterocycles. The lowest BCUT2D eigenvalue weighted by Crippen LogP contribution is -2.46. The van der Waals surface area contributed by atoms with Crippen LogP contribution < -0.4 is 11.4 Å². The number of aromatic nitrogens is 2. The van der Waals surface area contributed by atoms with Crippen molar-refractivity contribution < 1.29 is 19.1 Å². The van der Waals surface area contributed by atoms with Gasteiger partial charge in [0.25, 0.3) is 0 Å². The molecule has 9 heteroatoms. The molecule has 3 N–H and O–H groups in total. The van der Waals surface area contributed by atoms with Gasteiger partial charge in [0.15, 0.2) is 20.2 Å². The van der Waals surface area contributed by atoms with Crippen LogP contribution in [0.2, 0.25) is 18.1 Å². The van der Waals surface area contributed by atoms with Crippen molar-refractivity contribution in [2.24, 2.45) is 0 Å². The SMILES string of the molecule is CCCCCC(=O)C(O)C1=C[C@@H](O[Si](C)(C)C(C)(C)C)[C@H](n2ccc(N)nc2=O)O1. The molecule has 0 aliphatic carbocycles. The van der Waals surface area contributed by atoms with Crippen LogP contribution in [0, 0.1) is 0 Å². The fourth-order valence-electron chi connectivity index (χ4n) is 2.93. The quantitative estimate of drug-likeness (QED) is 0.450. The van der Waals surface area contributed by atoms with Gasteiger partial charge in [-0.15, -0.1) is 0 Å². The van der Waals surface area contributed by atoms with Crippen LogP contribution >= 0.6 is 0 Å². The molecular weight excluding hydrogens is 402 g/mol. The zero-order valence-electron chi connectivity index (χ0n) is 18.8. The average molecular weight is 438 g/mol. The van der Waals surface area contributed by atoms with Crippen LogP contribution in [-0.2, 0) is 14.0 Å². The summed E-state index contributed by atoms with van der Waals surface area (Å²) in [6.07, 6.45) is 3.13. The second-order valence-corrected chi connectivity index (χ2v) is 14.0. The molecule has 168 valence electrons. The molecule has 1 aliphatic heterocycles. The number of ether oxygens (including phenoxy) is 1. The molecule has 0 aromatic carbocycles.